The van der Waals surface area contributed by atoms with Gasteiger partial charge in [-0.25, -0.2) is 0 Å². The Morgan fingerprint density at radius 2 is 0.806 bits per heavy atom. The van der Waals surface area contributed by atoms with Gasteiger partial charge in [0.1, 0.15) is 57.2 Å². The zero-order valence-corrected chi connectivity index (χ0v) is 18.4. The molecule has 0 bridgehead atoms. The molecule has 6 N–H and O–H groups in total. The number of hydrogen-bond donors (Lipinski definition) is 6. The SMILES string of the molecule is Oc1ccc(-c2cc3c(O)c(-c4c(O)cc5oc(-c6ccc(O)cc6)cc5c4O)c(O)cc3o2)cc1. The summed E-state index contributed by atoms with van der Waals surface area (Å²) in [5.74, 6) is -0.684. The van der Waals surface area contributed by atoms with Crippen molar-refractivity contribution < 1.29 is 39.5 Å². The van der Waals surface area contributed by atoms with E-state index in [-0.39, 0.29) is 44.6 Å². The highest BCUT2D eigenvalue weighted by atomic mass is 16.3. The van der Waals surface area contributed by atoms with Crippen molar-refractivity contribution in [2.45, 2.75) is 0 Å². The van der Waals surface area contributed by atoms with Crippen LogP contribution in [-0.4, -0.2) is 30.6 Å². The third-order valence-corrected chi connectivity index (χ3v) is 6.11. The van der Waals surface area contributed by atoms with E-state index in [0.717, 1.165) is 0 Å². The summed E-state index contributed by atoms with van der Waals surface area (Å²) in [4.78, 5) is 0. The molecular weight excluding hydrogens is 464 g/mol. The van der Waals surface area contributed by atoms with Crippen LogP contribution in [0, 0.1) is 0 Å². The number of phenolic OH excluding ortho intramolecular Hbond substituents is 6. The van der Waals surface area contributed by atoms with Gasteiger partial charge in [-0.2, -0.15) is 0 Å². The second kappa shape index (κ2) is 7.64. The summed E-state index contributed by atoms with van der Waals surface area (Å²) >= 11 is 0. The third kappa shape index (κ3) is 3.24. The molecule has 4 aromatic carbocycles. The van der Waals surface area contributed by atoms with Gasteiger partial charge in [0.2, 0.25) is 0 Å². The topological polar surface area (TPSA) is 148 Å². The van der Waals surface area contributed by atoms with Gasteiger partial charge in [0.15, 0.2) is 0 Å². The molecule has 0 amide bonds. The number of rotatable bonds is 3. The van der Waals surface area contributed by atoms with Gasteiger partial charge in [-0.3, -0.25) is 0 Å². The molecule has 8 nitrogen and oxygen atoms in total. The van der Waals surface area contributed by atoms with Crippen molar-refractivity contribution in [3.05, 3.63) is 72.8 Å². The van der Waals surface area contributed by atoms with E-state index < -0.39 is 23.0 Å². The molecule has 6 rings (SSSR count). The summed E-state index contributed by atoms with van der Waals surface area (Å²) in [6.45, 7) is 0. The molecule has 2 aromatic heterocycles. The second-order valence-electron chi connectivity index (χ2n) is 8.38. The van der Waals surface area contributed by atoms with E-state index in [1.54, 1.807) is 36.4 Å². The molecule has 36 heavy (non-hydrogen) atoms. The van der Waals surface area contributed by atoms with Gasteiger partial charge < -0.3 is 39.5 Å². The van der Waals surface area contributed by atoms with Crippen molar-refractivity contribution >= 4 is 21.9 Å². The number of hydrogen-bond acceptors (Lipinski definition) is 8. The van der Waals surface area contributed by atoms with Crippen LogP contribution in [0.4, 0.5) is 0 Å². The summed E-state index contributed by atoms with van der Waals surface area (Å²) in [6.07, 6.45) is 0. The second-order valence-corrected chi connectivity index (χ2v) is 8.38. The predicted octanol–water partition coefficient (Wildman–Crippen LogP) is 6.41. The Hall–Kier alpha value is -5.24. The Bertz CT molecular complexity index is 1640. The highest BCUT2D eigenvalue weighted by molar-refractivity contribution is 6.04. The number of aromatic hydroxyl groups is 6. The lowest BCUT2D eigenvalue weighted by atomic mass is 9.97. The smallest absolute Gasteiger partial charge is 0.142 e. The van der Waals surface area contributed by atoms with Gasteiger partial charge in [0, 0.05) is 23.3 Å². The number of furan rings is 2. The molecular formula is C28H18O8. The van der Waals surface area contributed by atoms with Gasteiger partial charge in [0.25, 0.3) is 0 Å². The molecule has 0 aliphatic carbocycles. The fourth-order valence-corrected chi connectivity index (χ4v) is 4.33. The molecule has 0 saturated carbocycles. The molecule has 0 spiro atoms. The summed E-state index contributed by atoms with van der Waals surface area (Å²) in [5.41, 5.74) is 1.30. The minimum absolute atomic E-state index is 0.0896. The van der Waals surface area contributed by atoms with Crippen LogP contribution in [0.3, 0.4) is 0 Å². The van der Waals surface area contributed by atoms with E-state index in [1.165, 1.54) is 36.4 Å². The monoisotopic (exact) mass is 482 g/mol. The average Bonchev–Trinajstić information content (AvgIpc) is 3.47. The van der Waals surface area contributed by atoms with E-state index in [0.29, 0.717) is 22.6 Å². The first-order chi connectivity index (χ1) is 17.3. The molecule has 0 aliphatic heterocycles. The van der Waals surface area contributed by atoms with Gasteiger partial charge in [-0.15, -0.1) is 0 Å². The number of fused-ring (bicyclic) bond motifs is 2. The van der Waals surface area contributed by atoms with Crippen LogP contribution in [0.2, 0.25) is 0 Å². The molecule has 0 fully saturated rings. The standard InChI is InChI=1S/C28H18O8/c29-15-5-1-13(2-6-15)21-9-17-23(35-21)11-19(31)25(27(17)33)26-20(32)12-24-18(28(26)34)10-22(36-24)14-3-7-16(30)8-4-14/h1-12,29-34H. The maximum atomic E-state index is 11.1. The Labute approximate surface area is 202 Å². The summed E-state index contributed by atoms with van der Waals surface area (Å²) in [5, 5.41) is 63.3. The largest absolute Gasteiger partial charge is 0.508 e. The summed E-state index contributed by atoms with van der Waals surface area (Å²) in [6, 6.07) is 18.2. The molecule has 0 aliphatic rings. The zero-order chi connectivity index (χ0) is 25.1. The molecule has 0 radical (unpaired) electrons. The van der Waals surface area contributed by atoms with Crippen LogP contribution < -0.4 is 0 Å². The van der Waals surface area contributed by atoms with Crippen LogP contribution in [0.15, 0.2) is 81.6 Å². The van der Waals surface area contributed by atoms with Crippen molar-refractivity contribution in [1.29, 1.82) is 0 Å². The summed E-state index contributed by atoms with van der Waals surface area (Å²) < 4.78 is 11.6. The van der Waals surface area contributed by atoms with Gasteiger partial charge in [-0.05, 0) is 60.7 Å². The van der Waals surface area contributed by atoms with E-state index in [4.69, 9.17) is 8.83 Å². The number of benzene rings is 4. The first-order valence-electron chi connectivity index (χ1n) is 10.9. The maximum absolute atomic E-state index is 11.1. The lowest BCUT2D eigenvalue weighted by Gasteiger charge is -2.12. The molecule has 8 heteroatoms. The van der Waals surface area contributed by atoms with E-state index >= 15 is 0 Å². The molecule has 0 unspecified atom stereocenters. The maximum Gasteiger partial charge on any atom is 0.142 e. The Kier molecular flexibility index (Phi) is 4.52. The quantitative estimate of drug-likeness (QED) is 0.169. The van der Waals surface area contributed by atoms with Crippen molar-refractivity contribution in [2.75, 3.05) is 0 Å². The Morgan fingerprint density at radius 3 is 1.17 bits per heavy atom. The van der Waals surface area contributed by atoms with Crippen LogP contribution in [0.5, 0.6) is 34.5 Å². The van der Waals surface area contributed by atoms with E-state index in [9.17, 15) is 30.6 Å². The zero-order valence-electron chi connectivity index (χ0n) is 18.4. The van der Waals surface area contributed by atoms with Crippen molar-refractivity contribution in [2.24, 2.45) is 0 Å². The summed E-state index contributed by atoms with van der Waals surface area (Å²) in [7, 11) is 0. The molecule has 2 heterocycles. The molecule has 178 valence electrons. The lowest BCUT2D eigenvalue weighted by Crippen LogP contribution is -1.85. The van der Waals surface area contributed by atoms with E-state index in [2.05, 4.69) is 0 Å². The van der Waals surface area contributed by atoms with Crippen LogP contribution in [-0.2, 0) is 0 Å². The van der Waals surface area contributed by atoms with Crippen LogP contribution >= 0.6 is 0 Å². The van der Waals surface area contributed by atoms with E-state index in [1.807, 2.05) is 0 Å². The Morgan fingerprint density at radius 1 is 0.444 bits per heavy atom. The van der Waals surface area contributed by atoms with Gasteiger partial charge in [-0.1, -0.05) is 0 Å². The molecule has 0 saturated heterocycles. The highest BCUT2D eigenvalue weighted by Crippen LogP contribution is 2.53. The van der Waals surface area contributed by atoms with Gasteiger partial charge in [0.05, 0.1) is 21.9 Å². The van der Waals surface area contributed by atoms with Crippen LogP contribution in [0.25, 0.3) is 55.7 Å². The minimum Gasteiger partial charge on any atom is -0.508 e. The molecule has 0 atom stereocenters. The van der Waals surface area contributed by atoms with Gasteiger partial charge >= 0.3 is 0 Å². The number of phenols is 6. The first kappa shape index (κ1) is 21.3. The fraction of sp³-hybridized carbons (Fsp3) is 0. The average molecular weight is 482 g/mol. The van der Waals surface area contributed by atoms with Crippen molar-refractivity contribution in [3.63, 3.8) is 0 Å². The lowest BCUT2D eigenvalue weighted by molar-refractivity contribution is 0.442. The van der Waals surface area contributed by atoms with Crippen molar-refractivity contribution in [3.8, 4) is 68.3 Å². The fourth-order valence-electron chi connectivity index (χ4n) is 4.33. The Balaban J connectivity index is 1.53. The predicted molar refractivity (Wildman–Crippen MR) is 132 cm³/mol. The van der Waals surface area contributed by atoms with Crippen molar-refractivity contribution in [1.82, 2.24) is 0 Å². The first-order valence-corrected chi connectivity index (χ1v) is 10.9. The molecule has 6 aromatic rings. The van der Waals surface area contributed by atoms with Crippen LogP contribution in [0.1, 0.15) is 0 Å². The third-order valence-electron chi connectivity index (χ3n) is 6.11. The normalized spacial score (nSPS) is 11.4. The highest BCUT2D eigenvalue weighted by Gasteiger charge is 2.26. The minimum atomic E-state index is -0.418.